The molecule has 1 aliphatic carbocycles. The number of benzene rings is 1. The summed E-state index contributed by atoms with van der Waals surface area (Å²) in [7, 11) is -3.42. The van der Waals surface area contributed by atoms with E-state index in [4.69, 9.17) is 4.74 Å². The van der Waals surface area contributed by atoms with E-state index in [1.54, 1.807) is 13.8 Å². The zero-order valence-electron chi connectivity index (χ0n) is 13.0. The summed E-state index contributed by atoms with van der Waals surface area (Å²) >= 11 is 0. The van der Waals surface area contributed by atoms with Crippen LogP contribution in [-0.2, 0) is 24.2 Å². The normalized spacial score (nSPS) is 26.5. The lowest BCUT2D eigenvalue weighted by atomic mass is 9.87. The quantitative estimate of drug-likeness (QED) is 0.465. The standard InChI is InChI=1S/C16H16O6S/c1-7-8(2)12(23(3,20)21)5-4-9(7)14(17)13-15(18)10-6-11(10)22-16(13)19/h4-5,10-11,13H,6H2,1-3H3. The Hall–Kier alpha value is -2.02. The second-order valence-corrected chi connectivity index (χ2v) is 8.13. The Kier molecular flexibility index (Phi) is 3.44. The molecule has 0 spiro atoms. The van der Waals surface area contributed by atoms with E-state index in [0.29, 0.717) is 17.5 Å². The Morgan fingerprint density at radius 3 is 2.43 bits per heavy atom. The minimum Gasteiger partial charge on any atom is -0.461 e. The molecule has 1 saturated carbocycles. The number of ether oxygens (including phenoxy) is 1. The molecule has 0 amide bonds. The van der Waals surface area contributed by atoms with E-state index in [1.165, 1.54) is 12.1 Å². The Labute approximate surface area is 133 Å². The Bertz CT molecular complexity index is 852. The van der Waals surface area contributed by atoms with Gasteiger partial charge in [0.1, 0.15) is 6.10 Å². The summed E-state index contributed by atoms with van der Waals surface area (Å²) in [5, 5.41) is 0. The van der Waals surface area contributed by atoms with Crippen molar-refractivity contribution < 1.29 is 27.5 Å². The Morgan fingerprint density at radius 2 is 1.83 bits per heavy atom. The van der Waals surface area contributed by atoms with Crippen molar-refractivity contribution in [2.75, 3.05) is 6.26 Å². The second kappa shape index (κ2) is 4.99. The average Bonchev–Trinajstić information content (AvgIpc) is 3.19. The van der Waals surface area contributed by atoms with Gasteiger partial charge in [-0.3, -0.25) is 14.4 Å². The van der Waals surface area contributed by atoms with Gasteiger partial charge in [0.2, 0.25) is 0 Å². The van der Waals surface area contributed by atoms with Crippen LogP contribution in [0.25, 0.3) is 0 Å². The Balaban J connectivity index is 2.02. The molecule has 6 nitrogen and oxygen atoms in total. The van der Waals surface area contributed by atoms with Gasteiger partial charge in [0.05, 0.1) is 10.8 Å². The molecule has 3 rings (SSSR count). The number of carbonyl (C=O) groups excluding carboxylic acids is 3. The molecule has 1 saturated heterocycles. The molecule has 23 heavy (non-hydrogen) atoms. The van der Waals surface area contributed by atoms with Gasteiger partial charge in [-0.05, 0) is 43.5 Å². The van der Waals surface area contributed by atoms with Crippen molar-refractivity contribution in [1.29, 1.82) is 0 Å². The zero-order valence-corrected chi connectivity index (χ0v) is 13.8. The number of ketones is 2. The fourth-order valence-corrected chi connectivity index (χ4v) is 4.03. The first-order valence-corrected chi connectivity index (χ1v) is 9.10. The van der Waals surface area contributed by atoms with E-state index in [0.717, 1.165) is 6.26 Å². The van der Waals surface area contributed by atoms with Crippen LogP contribution in [0.2, 0.25) is 0 Å². The molecule has 0 aromatic heterocycles. The first kappa shape index (κ1) is 15.9. The molecule has 122 valence electrons. The average molecular weight is 336 g/mol. The van der Waals surface area contributed by atoms with Crippen LogP contribution in [0.5, 0.6) is 0 Å². The van der Waals surface area contributed by atoms with E-state index in [1.807, 2.05) is 0 Å². The number of carbonyl (C=O) groups is 3. The van der Waals surface area contributed by atoms with Gasteiger partial charge in [-0.15, -0.1) is 0 Å². The topological polar surface area (TPSA) is 94.6 Å². The fourth-order valence-electron chi connectivity index (χ4n) is 3.00. The van der Waals surface area contributed by atoms with Crippen LogP contribution in [0, 0.1) is 25.7 Å². The molecular weight excluding hydrogens is 320 g/mol. The lowest BCUT2D eigenvalue weighted by Gasteiger charge is -2.20. The molecule has 2 fully saturated rings. The van der Waals surface area contributed by atoms with E-state index in [9.17, 15) is 22.8 Å². The van der Waals surface area contributed by atoms with Crippen LogP contribution < -0.4 is 0 Å². The van der Waals surface area contributed by atoms with E-state index < -0.39 is 27.5 Å². The highest BCUT2D eigenvalue weighted by Crippen LogP contribution is 2.42. The first-order valence-electron chi connectivity index (χ1n) is 7.21. The van der Waals surface area contributed by atoms with Crippen LogP contribution in [0.15, 0.2) is 17.0 Å². The number of rotatable bonds is 3. The van der Waals surface area contributed by atoms with Gasteiger partial charge in [-0.1, -0.05) is 0 Å². The SMILES string of the molecule is Cc1c(C(=O)C2C(=O)OC3CC3C2=O)ccc(S(C)(=O)=O)c1C. The molecule has 3 unspecified atom stereocenters. The molecule has 2 aliphatic rings. The van der Waals surface area contributed by atoms with Gasteiger partial charge in [0.15, 0.2) is 27.3 Å². The molecule has 1 aromatic carbocycles. The van der Waals surface area contributed by atoms with Crippen molar-refractivity contribution in [3.8, 4) is 0 Å². The molecule has 1 aliphatic heterocycles. The predicted molar refractivity (Wildman–Crippen MR) is 79.8 cm³/mol. The third kappa shape index (κ3) is 2.49. The smallest absolute Gasteiger partial charge is 0.324 e. The molecule has 0 bridgehead atoms. The Morgan fingerprint density at radius 1 is 1.17 bits per heavy atom. The molecule has 3 atom stereocenters. The number of esters is 1. The van der Waals surface area contributed by atoms with Gasteiger partial charge < -0.3 is 4.74 Å². The summed E-state index contributed by atoms with van der Waals surface area (Å²) < 4.78 is 28.5. The number of Topliss-reactive ketones (excluding diaryl/α,β-unsaturated/α-hetero) is 2. The van der Waals surface area contributed by atoms with Crippen LogP contribution in [0.1, 0.15) is 27.9 Å². The molecular formula is C16H16O6S. The number of fused-ring (bicyclic) bond motifs is 1. The van der Waals surface area contributed by atoms with Crippen molar-refractivity contribution in [3.63, 3.8) is 0 Å². The highest BCUT2D eigenvalue weighted by atomic mass is 32.2. The summed E-state index contributed by atoms with van der Waals surface area (Å²) in [5.74, 6) is -3.60. The summed E-state index contributed by atoms with van der Waals surface area (Å²) in [5.41, 5.74) is 1.08. The molecule has 0 N–H and O–H groups in total. The largest absolute Gasteiger partial charge is 0.461 e. The van der Waals surface area contributed by atoms with Gasteiger partial charge in [-0.25, -0.2) is 8.42 Å². The summed E-state index contributed by atoms with van der Waals surface area (Å²) in [6.07, 6.45) is 1.21. The highest BCUT2D eigenvalue weighted by molar-refractivity contribution is 7.90. The van der Waals surface area contributed by atoms with Gasteiger partial charge in [0, 0.05) is 11.8 Å². The van der Waals surface area contributed by atoms with Crippen LogP contribution in [-0.4, -0.2) is 38.3 Å². The highest BCUT2D eigenvalue weighted by Gasteiger charge is 2.57. The van der Waals surface area contributed by atoms with Crippen molar-refractivity contribution in [1.82, 2.24) is 0 Å². The third-order valence-electron chi connectivity index (χ3n) is 4.55. The van der Waals surface area contributed by atoms with E-state index in [2.05, 4.69) is 0 Å². The van der Waals surface area contributed by atoms with Gasteiger partial charge >= 0.3 is 5.97 Å². The summed E-state index contributed by atoms with van der Waals surface area (Å²) in [4.78, 5) is 36.9. The minimum absolute atomic E-state index is 0.131. The number of sulfone groups is 1. The number of hydrogen-bond acceptors (Lipinski definition) is 6. The third-order valence-corrected chi connectivity index (χ3v) is 5.79. The van der Waals surface area contributed by atoms with Crippen molar-refractivity contribution >= 4 is 27.4 Å². The van der Waals surface area contributed by atoms with Gasteiger partial charge in [0.25, 0.3) is 0 Å². The van der Waals surface area contributed by atoms with Crippen molar-refractivity contribution in [2.24, 2.45) is 11.8 Å². The lowest BCUT2D eigenvalue weighted by molar-refractivity contribution is -0.156. The predicted octanol–water partition coefficient (Wildman–Crippen LogP) is 1.02. The minimum atomic E-state index is -3.42. The fraction of sp³-hybridized carbons (Fsp3) is 0.438. The van der Waals surface area contributed by atoms with Gasteiger partial charge in [-0.2, -0.15) is 0 Å². The molecule has 7 heteroatoms. The lowest BCUT2D eigenvalue weighted by Crippen LogP contribution is -2.39. The molecule has 0 radical (unpaired) electrons. The number of hydrogen-bond donors (Lipinski definition) is 0. The monoisotopic (exact) mass is 336 g/mol. The zero-order chi connectivity index (χ0) is 17.1. The van der Waals surface area contributed by atoms with Crippen molar-refractivity contribution in [2.45, 2.75) is 31.3 Å². The maximum Gasteiger partial charge on any atom is 0.324 e. The second-order valence-electron chi connectivity index (χ2n) is 6.15. The molecule has 1 aromatic rings. The van der Waals surface area contributed by atoms with Crippen LogP contribution >= 0.6 is 0 Å². The van der Waals surface area contributed by atoms with E-state index in [-0.39, 0.29) is 28.3 Å². The maximum atomic E-state index is 12.6. The summed E-state index contributed by atoms with van der Waals surface area (Å²) in [6.45, 7) is 3.20. The first-order chi connectivity index (χ1) is 10.6. The van der Waals surface area contributed by atoms with Crippen molar-refractivity contribution in [3.05, 3.63) is 28.8 Å². The van der Waals surface area contributed by atoms with E-state index >= 15 is 0 Å². The summed E-state index contributed by atoms with van der Waals surface area (Å²) in [6, 6.07) is 2.70. The maximum absolute atomic E-state index is 12.6. The molecule has 1 heterocycles. The van der Waals surface area contributed by atoms with Crippen LogP contribution in [0.3, 0.4) is 0 Å². The van der Waals surface area contributed by atoms with Crippen LogP contribution in [0.4, 0.5) is 0 Å².